The van der Waals surface area contributed by atoms with Gasteiger partial charge < -0.3 is 5.32 Å². The third-order valence-corrected chi connectivity index (χ3v) is 4.94. The Morgan fingerprint density at radius 2 is 1.88 bits per heavy atom. The van der Waals surface area contributed by atoms with E-state index in [-0.39, 0.29) is 36.4 Å². The van der Waals surface area contributed by atoms with Crippen molar-refractivity contribution in [2.45, 2.75) is 46.1 Å². The summed E-state index contributed by atoms with van der Waals surface area (Å²) in [6, 6.07) is 5.38. The SMILES string of the molecule is Cc1nc(C)c(C(C)NC(=O)CCCC(=O)c2ccc(F)cc2)s1. The van der Waals surface area contributed by atoms with E-state index < -0.39 is 0 Å². The zero-order valence-electron chi connectivity index (χ0n) is 14.1. The second-order valence-electron chi connectivity index (χ2n) is 5.76. The lowest BCUT2D eigenvalue weighted by Crippen LogP contribution is -2.26. The topological polar surface area (TPSA) is 59.1 Å². The standard InChI is InChI=1S/C18H21FN2O2S/c1-11-18(24-13(3)20-11)12(2)21-17(23)6-4-5-16(22)14-7-9-15(19)10-8-14/h7-10,12H,4-6H2,1-3H3,(H,21,23). The molecule has 0 aliphatic rings. The minimum absolute atomic E-state index is 0.0789. The van der Waals surface area contributed by atoms with E-state index in [0.717, 1.165) is 15.6 Å². The van der Waals surface area contributed by atoms with Crippen LogP contribution in [0.15, 0.2) is 24.3 Å². The number of carbonyl (C=O) groups excluding carboxylic acids is 2. The molecule has 1 atom stereocenters. The van der Waals surface area contributed by atoms with Gasteiger partial charge in [-0.2, -0.15) is 0 Å². The number of nitrogens with one attached hydrogen (secondary N) is 1. The summed E-state index contributed by atoms with van der Waals surface area (Å²) < 4.78 is 12.8. The maximum absolute atomic E-state index is 12.8. The van der Waals surface area contributed by atoms with Gasteiger partial charge in [0.25, 0.3) is 0 Å². The van der Waals surface area contributed by atoms with Crippen molar-refractivity contribution in [1.29, 1.82) is 0 Å². The highest BCUT2D eigenvalue weighted by Crippen LogP contribution is 2.24. The van der Waals surface area contributed by atoms with Gasteiger partial charge in [0.05, 0.1) is 16.7 Å². The second-order valence-corrected chi connectivity index (χ2v) is 6.99. The third-order valence-electron chi connectivity index (χ3n) is 3.68. The molecule has 1 aromatic carbocycles. The average molecular weight is 348 g/mol. The molecule has 1 N–H and O–H groups in total. The van der Waals surface area contributed by atoms with Gasteiger partial charge in [0.1, 0.15) is 5.82 Å². The Bertz CT molecular complexity index is 725. The van der Waals surface area contributed by atoms with Crippen molar-refractivity contribution >= 4 is 23.0 Å². The lowest BCUT2D eigenvalue weighted by atomic mass is 10.1. The summed E-state index contributed by atoms with van der Waals surface area (Å²) >= 11 is 1.58. The number of aryl methyl sites for hydroxylation is 2. The van der Waals surface area contributed by atoms with Crippen LogP contribution in [0.2, 0.25) is 0 Å². The molecule has 24 heavy (non-hydrogen) atoms. The van der Waals surface area contributed by atoms with Crippen LogP contribution in [0, 0.1) is 19.7 Å². The molecule has 6 heteroatoms. The van der Waals surface area contributed by atoms with Gasteiger partial charge in [-0.3, -0.25) is 9.59 Å². The molecular formula is C18H21FN2O2S. The van der Waals surface area contributed by atoms with Gasteiger partial charge >= 0.3 is 0 Å². The van der Waals surface area contributed by atoms with E-state index in [1.165, 1.54) is 24.3 Å². The molecule has 0 saturated heterocycles. The van der Waals surface area contributed by atoms with Gasteiger partial charge in [0.2, 0.25) is 5.91 Å². The zero-order valence-corrected chi connectivity index (χ0v) is 14.9. The molecule has 0 bridgehead atoms. The Hall–Kier alpha value is -2.08. The van der Waals surface area contributed by atoms with Crippen LogP contribution in [0.3, 0.4) is 0 Å². The van der Waals surface area contributed by atoms with Crippen molar-refractivity contribution in [2.24, 2.45) is 0 Å². The lowest BCUT2D eigenvalue weighted by Gasteiger charge is -2.12. The molecule has 1 amide bonds. The number of ketones is 1. The maximum atomic E-state index is 12.8. The first kappa shape index (κ1) is 18.3. The molecular weight excluding hydrogens is 327 g/mol. The second kappa shape index (κ2) is 8.15. The summed E-state index contributed by atoms with van der Waals surface area (Å²) in [6.45, 7) is 5.81. The van der Waals surface area contributed by atoms with E-state index in [1.54, 1.807) is 11.3 Å². The first-order valence-corrected chi connectivity index (χ1v) is 8.70. The normalized spacial score (nSPS) is 12.0. The Morgan fingerprint density at radius 1 is 1.21 bits per heavy atom. The smallest absolute Gasteiger partial charge is 0.220 e. The van der Waals surface area contributed by atoms with Crippen LogP contribution in [-0.2, 0) is 4.79 Å². The van der Waals surface area contributed by atoms with Crippen molar-refractivity contribution in [1.82, 2.24) is 10.3 Å². The number of hydrogen-bond donors (Lipinski definition) is 1. The Kier molecular flexibility index (Phi) is 6.20. The largest absolute Gasteiger partial charge is 0.349 e. The molecule has 1 unspecified atom stereocenters. The number of benzene rings is 1. The first-order valence-electron chi connectivity index (χ1n) is 7.89. The van der Waals surface area contributed by atoms with Crippen molar-refractivity contribution in [3.63, 3.8) is 0 Å². The van der Waals surface area contributed by atoms with Gasteiger partial charge in [0.15, 0.2) is 5.78 Å². The van der Waals surface area contributed by atoms with E-state index in [2.05, 4.69) is 10.3 Å². The zero-order chi connectivity index (χ0) is 17.7. The Morgan fingerprint density at radius 3 is 2.46 bits per heavy atom. The molecule has 0 spiro atoms. The first-order chi connectivity index (χ1) is 11.4. The predicted octanol–water partition coefficient (Wildman–Crippen LogP) is 4.13. The number of halogens is 1. The summed E-state index contributed by atoms with van der Waals surface area (Å²) in [5.41, 5.74) is 1.41. The Balaban J connectivity index is 1.78. The van der Waals surface area contributed by atoms with E-state index in [9.17, 15) is 14.0 Å². The lowest BCUT2D eigenvalue weighted by molar-refractivity contribution is -0.121. The van der Waals surface area contributed by atoms with Gasteiger partial charge in [-0.05, 0) is 51.5 Å². The molecule has 0 radical (unpaired) electrons. The molecule has 4 nitrogen and oxygen atoms in total. The van der Waals surface area contributed by atoms with E-state index in [0.29, 0.717) is 12.0 Å². The van der Waals surface area contributed by atoms with Crippen LogP contribution >= 0.6 is 11.3 Å². The van der Waals surface area contributed by atoms with Crippen LogP contribution in [0.1, 0.15) is 58.2 Å². The summed E-state index contributed by atoms with van der Waals surface area (Å²) in [5.74, 6) is -0.529. The minimum Gasteiger partial charge on any atom is -0.349 e. The third kappa shape index (κ3) is 4.96. The number of Topliss-reactive ketones (excluding diaryl/α,β-unsaturated/α-hetero) is 1. The van der Waals surface area contributed by atoms with Crippen molar-refractivity contribution in [2.75, 3.05) is 0 Å². The summed E-state index contributed by atoms with van der Waals surface area (Å²) in [4.78, 5) is 29.4. The molecule has 0 aliphatic heterocycles. The number of hydrogen-bond acceptors (Lipinski definition) is 4. The summed E-state index contributed by atoms with van der Waals surface area (Å²) in [6.07, 6.45) is 1.02. The average Bonchev–Trinajstić information content (AvgIpc) is 2.86. The molecule has 128 valence electrons. The van der Waals surface area contributed by atoms with Gasteiger partial charge in [0, 0.05) is 23.3 Å². The van der Waals surface area contributed by atoms with Crippen LogP contribution < -0.4 is 5.32 Å². The molecule has 2 aromatic rings. The summed E-state index contributed by atoms with van der Waals surface area (Å²) in [5, 5.41) is 3.92. The number of amides is 1. The highest BCUT2D eigenvalue weighted by molar-refractivity contribution is 7.11. The molecule has 0 aliphatic carbocycles. The number of aromatic nitrogens is 1. The number of rotatable bonds is 7. The van der Waals surface area contributed by atoms with Crippen molar-refractivity contribution < 1.29 is 14.0 Å². The fraction of sp³-hybridized carbons (Fsp3) is 0.389. The van der Waals surface area contributed by atoms with Crippen LogP contribution in [0.25, 0.3) is 0 Å². The van der Waals surface area contributed by atoms with Crippen LogP contribution in [0.5, 0.6) is 0 Å². The molecule has 0 fully saturated rings. The molecule has 1 aromatic heterocycles. The van der Waals surface area contributed by atoms with E-state index in [1.807, 2.05) is 20.8 Å². The molecule has 2 rings (SSSR count). The fourth-order valence-electron chi connectivity index (χ4n) is 2.52. The van der Waals surface area contributed by atoms with Gasteiger partial charge in [-0.15, -0.1) is 11.3 Å². The van der Waals surface area contributed by atoms with Crippen LogP contribution in [-0.4, -0.2) is 16.7 Å². The number of thiazole rings is 1. The van der Waals surface area contributed by atoms with Gasteiger partial charge in [-0.1, -0.05) is 0 Å². The molecule has 0 saturated carbocycles. The van der Waals surface area contributed by atoms with E-state index >= 15 is 0 Å². The van der Waals surface area contributed by atoms with Crippen LogP contribution in [0.4, 0.5) is 4.39 Å². The maximum Gasteiger partial charge on any atom is 0.220 e. The highest BCUT2D eigenvalue weighted by Gasteiger charge is 2.15. The van der Waals surface area contributed by atoms with E-state index in [4.69, 9.17) is 0 Å². The van der Waals surface area contributed by atoms with Crippen molar-refractivity contribution in [3.05, 3.63) is 51.2 Å². The number of nitrogens with zero attached hydrogens (tertiary/aromatic N) is 1. The van der Waals surface area contributed by atoms with Gasteiger partial charge in [-0.25, -0.2) is 9.37 Å². The highest BCUT2D eigenvalue weighted by atomic mass is 32.1. The monoisotopic (exact) mass is 348 g/mol. The fourth-order valence-corrected chi connectivity index (χ4v) is 3.45. The van der Waals surface area contributed by atoms with Crippen molar-refractivity contribution in [3.8, 4) is 0 Å². The quantitative estimate of drug-likeness (QED) is 0.766. The molecule has 1 heterocycles. The predicted molar refractivity (Wildman–Crippen MR) is 92.7 cm³/mol. The summed E-state index contributed by atoms with van der Waals surface area (Å²) in [7, 11) is 0. The Labute approximate surface area is 145 Å². The number of carbonyl (C=O) groups is 2. The minimum atomic E-state index is -0.367.